The number of aromatic hydroxyl groups is 1. The number of benzene rings is 2. The number of phenolic OH excluding ortho intramolecular Hbond substituents is 1. The van der Waals surface area contributed by atoms with E-state index in [2.05, 4.69) is 32.7 Å². The van der Waals surface area contributed by atoms with Crippen molar-refractivity contribution in [1.82, 2.24) is 10.1 Å². The molecule has 0 bridgehead atoms. The number of aromatic nitrogens is 2. The van der Waals surface area contributed by atoms with Gasteiger partial charge in [-0.05, 0) is 59.3 Å². The lowest BCUT2D eigenvalue weighted by atomic mass is 10.1. The average molecular weight is 485 g/mol. The van der Waals surface area contributed by atoms with Gasteiger partial charge in [0.1, 0.15) is 16.5 Å². The van der Waals surface area contributed by atoms with Crippen LogP contribution in [0.3, 0.4) is 0 Å². The lowest BCUT2D eigenvalue weighted by Crippen LogP contribution is -1.99. The molecule has 0 amide bonds. The zero-order valence-corrected chi connectivity index (χ0v) is 16.6. The van der Waals surface area contributed by atoms with Crippen molar-refractivity contribution in [2.24, 2.45) is 0 Å². The number of ether oxygens (including phenoxy) is 1. The Morgan fingerprint density at radius 2 is 2.00 bits per heavy atom. The Balaban J connectivity index is 1.66. The minimum Gasteiger partial charge on any atom is -0.505 e. The summed E-state index contributed by atoms with van der Waals surface area (Å²) in [5.74, 6) is 0.476. The highest BCUT2D eigenvalue weighted by atomic mass is 127. The molecule has 0 unspecified atom stereocenters. The van der Waals surface area contributed by atoms with Gasteiger partial charge in [-0.2, -0.15) is 4.98 Å². The van der Waals surface area contributed by atoms with E-state index in [0.29, 0.717) is 12.2 Å². The summed E-state index contributed by atoms with van der Waals surface area (Å²) in [5, 5.41) is 13.8. The van der Waals surface area contributed by atoms with Crippen molar-refractivity contribution in [3.63, 3.8) is 0 Å². The summed E-state index contributed by atoms with van der Waals surface area (Å²) in [4.78, 5) is 15.7. The number of carbonyl (C=O) groups is 1. The van der Waals surface area contributed by atoms with Crippen LogP contribution < -0.4 is 4.74 Å². The highest BCUT2D eigenvalue weighted by Gasteiger charge is 2.16. The predicted octanol–water partition coefficient (Wildman–Crippen LogP) is 4.41. The molecule has 0 fully saturated rings. The van der Waals surface area contributed by atoms with Gasteiger partial charge in [0.25, 0.3) is 5.89 Å². The molecule has 2 aromatic carbocycles. The highest BCUT2D eigenvalue weighted by Crippen LogP contribution is 2.36. The number of hydrogen-bond acceptors (Lipinski definition) is 6. The summed E-state index contributed by atoms with van der Waals surface area (Å²) in [7, 11) is 0. The number of ketones is 1. The monoisotopic (exact) mass is 484 g/mol. The normalized spacial score (nSPS) is 10.7. The van der Waals surface area contributed by atoms with Gasteiger partial charge in [0.2, 0.25) is 0 Å². The summed E-state index contributed by atoms with van der Waals surface area (Å²) in [5.41, 5.74) is 1.21. The van der Waals surface area contributed by atoms with Gasteiger partial charge in [-0.3, -0.25) is 4.79 Å². The van der Waals surface area contributed by atoms with Gasteiger partial charge in [0.15, 0.2) is 18.2 Å². The first-order valence-electron chi connectivity index (χ1n) is 7.65. The van der Waals surface area contributed by atoms with Crippen molar-refractivity contribution < 1.29 is 19.2 Å². The second-order valence-corrected chi connectivity index (χ2v) is 7.15. The molecule has 0 saturated heterocycles. The molecular weight excluding hydrogens is 471 g/mol. The topological polar surface area (TPSA) is 85.5 Å². The van der Waals surface area contributed by atoms with E-state index >= 15 is 0 Å². The van der Waals surface area contributed by atoms with Gasteiger partial charge in [0.05, 0.1) is 5.56 Å². The third-order valence-corrected chi connectivity index (χ3v) is 4.68. The standard InChI is InChI=1S/C18H14ClIN2O4/c1-10(23)13-6-7-14(17(19)18(13)24)25-9-16-21-15(22-26-16)8-11-2-4-12(20)5-3-11/h2-7,24H,8-9H2,1H3. The first-order valence-corrected chi connectivity index (χ1v) is 9.11. The number of rotatable bonds is 6. The Bertz CT molecular complexity index is 941. The van der Waals surface area contributed by atoms with Gasteiger partial charge in [-0.15, -0.1) is 0 Å². The van der Waals surface area contributed by atoms with Crippen molar-refractivity contribution in [3.05, 3.63) is 67.8 Å². The van der Waals surface area contributed by atoms with Gasteiger partial charge in [0, 0.05) is 9.99 Å². The lowest BCUT2D eigenvalue weighted by Gasteiger charge is -2.09. The highest BCUT2D eigenvalue weighted by molar-refractivity contribution is 14.1. The molecule has 8 heteroatoms. The third kappa shape index (κ3) is 4.34. The molecule has 0 aliphatic heterocycles. The largest absolute Gasteiger partial charge is 0.505 e. The van der Waals surface area contributed by atoms with Crippen LogP contribution in [0.15, 0.2) is 40.9 Å². The van der Waals surface area contributed by atoms with Gasteiger partial charge >= 0.3 is 0 Å². The maximum Gasteiger partial charge on any atom is 0.264 e. The third-order valence-electron chi connectivity index (χ3n) is 3.60. The smallest absolute Gasteiger partial charge is 0.264 e. The molecule has 26 heavy (non-hydrogen) atoms. The second-order valence-electron chi connectivity index (χ2n) is 5.53. The van der Waals surface area contributed by atoms with Crippen molar-refractivity contribution >= 4 is 40.0 Å². The fourth-order valence-corrected chi connectivity index (χ4v) is 2.87. The van der Waals surface area contributed by atoms with Crippen LogP contribution in [-0.2, 0) is 13.0 Å². The number of carbonyl (C=O) groups excluding carboxylic acids is 1. The van der Waals surface area contributed by atoms with Crippen LogP contribution in [0.1, 0.15) is 34.6 Å². The second kappa shape index (κ2) is 8.05. The van der Waals surface area contributed by atoms with Crippen molar-refractivity contribution in [1.29, 1.82) is 0 Å². The Kier molecular flexibility index (Phi) is 5.77. The summed E-state index contributed by atoms with van der Waals surface area (Å²) >= 11 is 8.28. The summed E-state index contributed by atoms with van der Waals surface area (Å²) in [6.07, 6.45) is 0.551. The molecule has 0 spiro atoms. The number of phenols is 1. The fraction of sp³-hybridized carbons (Fsp3) is 0.167. The van der Waals surface area contributed by atoms with E-state index < -0.39 is 0 Å². The summed E-state index contributed by atoms with van der Waals surface area (Å²) in [6, 6.07) is 11.0. The maximum absolute atomic E-state index is 11.4. The van der Waals surface area contributed by atoms with Crippen molar-refractivity contribution in [3.8, 4) is 11.5 Å². The van der Waals surface area contributed by atoms with E-state index in [9.17, 15) is 9.90 Å². The first kappa shape index (κ1) is 18.7. The Morgan fingerprint density at radius 3 is 2.69 bits per heavy atom. The Hall–Kier alpha value is -2.13. The van der Waals surface area contributed by atoms with Crippen LogP contribution in [0.5, 0.6) is 11.5 Å². The molecule has 134 valence electrons. The molecule has 0 atom stereocenters. The van der Waals surface area contributed by atoms with Crippen molar-refractivity contribution in [2.45, 2.75) is 20.0 Å². The SMILES string of the molecule is CC(=O)c1ccc(OCc2nc(Cc3ccc(I)cc3)no2)c(Cl)c1O. The van der Waals surface area contributed by atoms with Crippen LogP contribution in [0.25, 0.3) is 0 Å². The van der Waals surface area contributed by atoms with E-state index in [4.69, 9.17) is 20.9 Å². The Morgan fingerprint density at radius 1 is 1.27 bits per heavy atom. The van der Waals surface area contributed by atoms with Crippen LogP contribution in [-0.4, -0.2) is 21.0 Å². The van der Waals surface area contributed by atoms with E-state index in [1.807, 2.05) is 24.3 Å². The molecular formula is C18H14ClIN2O4. The van der Waals surface area contributed by atoms with Crippen molar-refractivity contribution in [2.75, 3.05) is 0 Å². The zero-order valence-electron chi connectivity index (χ0n) is 13.7. The van der Waals surface area contributed by atoms with Crippen LogP contribution >= 0.6 is 34.2 Å². The maximum atomic E-state index is 11.4. The predicted molar refractivity (Wildman–Crippen MR) is 104 cm³/mol. The van der Waals surface area contributed by atoms with Crippen LogP contribution in [0, 0.1) is 3.57 Å². The molecule has 0 radical (unpaired) electrons. The van der Waals surface area contributed by atoms with Gasteiger partial charge in [-0.25, -0.2) is 0 Å². The molecule has 3 rings (SSSR count). The summed E-state index contributed by atoms with van der Waals surface area (Å²) in [6.45, 7) is 1.35. The zero-order chi connectivity index (χ0) is 18.7. The minimum atomic E-state index is -0.304. The fourth-order valence-electron chi connectivity index (χ4n) is 2.29. The molecule has 1 heterocycles. The lowest BCUT2D eigenvalue weighted by molar-refractivity contribution is 0.101. The van der Waals surface area contributed by atoms with Gasteiger partial charge in [-0.1, -0.05) is 28.9 Å². The molecule has 1 aromatic heterocycles. The molecule has 0 aliphatic carbocycles. The molecule has 3 aromatic rings. The number of Topliss-reactive ketones (excluding diaryl/α,β-unsaturated/α-hetero) is 1. The quantitative estimate of drug-likeness (QED) is 0.412. The molecule has 0 aliphatic rings. The van der Waals surface area contributed by atoms with E-state index in [1.54, 1.807) is 0 Å². The van der Waals surface area contributed by atoms with E-state index in [0.717, 1.165) is 9.13 Å². The van der Waals surface area contributed by atoms with Gasteiger partial charge < -0.3 is 14.4 Å². The number of halogens is 2. The first-order chi connectivity index (χ1) is 12.4. The molecule has 1 N–H and O–H groups in total. The van der Waals surface area contributed by atoms with Crippen LogP contribution in [0.4, 0.5) is 0 Å². The number of hydrogen-bond donors (Lipinski definition) is 1. The van der Waals surface area contributed by atoms with Crippen LogP contribution in [0.2, 0.25) is 5.02 Å². The average Bonchev–Trinajstić information content (AvgIpc) is 3.05. The number of nitrogens with zero attached hydrogens (tertiary/aromatic N) is 2. The summed E-state index contributed by atoms with van der Waals surface area (Å²) < 4.78 is 11.8. The molecule has 6 nitrogen and oxygen atoms in total. The Labute approximate surface area is 168 Å². The van der Waals surface area contributed by atoms with E-state index in [-0.39, 0.29) is 40.4 Å². The molecule has 0 saturated carbocycles. The van der Waals surface area contributed by atoms with E-state index in [1.165, 1.54) is 19.1 Å². The minimum absolute atomic E-state index is 0.00172.